The van der Waals surface area contributed by atoms with Crippen LogP contribution in [0.3, 0.4) is 0 Å². The van der Waals surface area contributed by atoms with Gasteiger partial charge in [0.05, 0.1) is 28.6 Å². The lowest BCUT2D eigenvalue weighted by atomic mass is 9.97. The number of halogens is 5. The number of anilines is 1. The number of benzene rings is 3. The Bertz CT molecular complexity index is 1690. The molecule has 1 fully saturated rings. The van der Waals surface area contributed by atoms with Gasteiger partial charge in [-0.1, -0.05) is 29.8 Å². The Hall–Kier alpha value is -3.84. The second-order valence-corrected chi connectivity index (χ2v) is 12.9. The Morgan fingerprint density at radius 1 is 1.00 bits per heavy atom. The van der Waals surface area contributed by atoms with Gasteiger partial charge in [-0.05, 0) is 72.9 Å². The van der Waals surface area contributed by atoms with E-state index in [-0.39, 0.29) is 43.1 Å². The number of ether oxygens (including phenoxy) is 1. The van der Waals surface area contributed by atoms with Crippen molar-refractivity contribution in [1.29, 1.82) is 0 Å². The first-order valence-electron chi connectivity index (χ1n) is 13.7. The smallest absolute Gasteiger partial charge is 0.416 e. The molecular formula is C30H27ClF4N2O6S. The molecule has 1 N–H and O–H groups in total. The highest BCUT2D eigenvalue weighted by molar-refractivity contribution is 7.92. The largest absolute Gasteiger partial charge is 0.483 e. The van der Waals surface area contributed by atoms with Crippen LogP contribution in [0.15, 0.2) is 65.6 Å². The molecule has 0 radical (unpaired) electrons. The summed E-state index contributed by atoms with van der Waals surface area (Å²) in [5.74, 6) is -3.08. The van der Waals surface area contributed by atoms with Gasteiger partial charge in [0.1, 0.15) is 6.10 Å². The van der Waals surface area contributed by atoms with Gasteiger partial charge in [0.25, 0.3) is 10.0 Å². The number of carbonyl (C=O) groups excluding carboxylic acids is 1. The fraction of sp³-hybridized carbons (Fsp3) is 0.333. The first kappa shape index (κ1) is 31.6. The molecule has 0 spiro atoms. The molecule has 1 atom stereocenters. The number of carboxylic acid groups (broad SMARTS) is 1. The van der Waals surface area contributed by atoms with Crippen LogP contribution in [0.25, 0.3) is 11.1 Å². The molecule has 3 aromatic rings. The van der Waals surface area contributed by atoms with E-state index < -0.39 is 62.8 Å². The average Bonchev–Trinajstić information content (AvgIpc) is 2.99. The van der Waals surface area contributed by atoms with Crippen molar-refractivity contribution in [2.45, 2.75) is 42.9 Å². The monoisotopic (exact) mass is 654 g/mol. The third-order valence-corrected chi connectivity index (χ3v) is 9.74. The maximum Gasteiger partial charge on any atom is 0.416 e. The Balaban J connectivity index is 1.47. The van der Waals surface area contributed by atoms with E-state index in [0.29, 0.717) is 29.5 Å². The lowest BCUT2D eigenvalue weighted by molar-refractivity contribution is -0.145. The van der Waals surface area contributed by atoms with Gasteiger partial charge >= 0.3 is 12.1 Å². The van der Waals surface area contributed by atoms with Crippen molar-refractivity contribution < 1.29 is 45.4 Å². The molecule has 0 aromatic heterocycles. The number of rotatable bonds is 7. The molecule has 234 valence electrons. The van der Waals surface area contributed by atoms with Crippen LogP contribution in [-0.4, -0.2) is 56.0 Å². The molecule has 0 aliphatic carbocycles. The number of carboxylic acids is 1. The summed E-state index contributed by atoms with van der Waals surface area (Å²) in [4.78, 5) is 25.0. The zero-order chi connectivity index (χ0) is 31.8. The number of amides is 1. The number of fused-ring (bicyclic) bond motifs is 1. The van der Waals surface area contributed by atoms with Crippen LogP contribution in [0, 0.1) is 11.7 Å². The van der Waals surface area contributed by atoms with Gasteiger partial charge in [-0.25, -0.2) is 12.8 Å². The maximum absolute atomic E-state index is 15.6. The standard InChI is InChI=1S/C30H27ClF4N2O6S/c31-22-5-1-3-19(13-22)20-14-25(32)28-26(15-20)37(44(41,42)24-6-2-4-21(16-24)30(33,34)35)17-23(43-28)7-8-27(38)36-11-9-18(10-12-36)29(39)40/h1-6,13-16,18,23H,7-12,17H2,(H,39,40). The van der Waals surface area contributed by atoms with Crippen LogP contribution in [0.1, 0.15) is 31.2 Å². The van der Waals surface area contributed by atoms with Crippen molar-refractivity contribution in [3.05, 3.63) is 77.1 Å². The summed E-state index contributed by atoms with van der Waals surface area (Å²) in [7, 11) is -4.68. The molecule has 2 aliphatic rings. The fourth-order valence-electron chi connectivity index (χ4n) is 5.36. The Labute approximate surface area is 255 Å². The van der Waals surface area contributed by atoms with Gasteiger partial charge < -0.3 is 14.7 Å². The van der Waals surface area contributed by atoms with E-state index in [1.807, 2.05) is 0 Å². The van der Waals surface area contributed by atoms with Gasteiger partial charge in [-0.15, -0.1) is 0 Å². The second kappa shape index (κ2) is 12.3. The summed E-state index contributed by atoms with van der Waals surface area (Å²) in [5, 5.41) is 9.54. The second-order valence-electron chi connectivity index (χ2n) is 10.7. The summed E-state index contributed by atoms with van der Waals surface area (Å²) in [6.07, 6.45) is -5.34. The van der Waals surface area contributed by atoms with Gasteiger partial charge in [-0.3, -0.25) is 13.9 Å². The number of carbonyl (C=O) groups is 2. The van der Waals surface area contributed by atoms with Crippen LogP contribution in [0.5, 0.6) is 5.75 Å². The molecule has 0 saturated carbocycles. The molecule has 14 heteroatoms. The highest BCUT2D eigenvalue weighted by atomic mass is 35.5. The third kappa shape index (κ3) is 6.63. The van der Waals surface area contributed by atoms with Crippen LogP contribution >= 0.6 is 11.6 Å². The Kier molecular flexibility index (Phi) is 8.81. The first-order chi connectivity index (χ1) is 20.7. The third-order valence-electron chi connectivity index (χ3n) is 7.73. The van der Waals surface area contributed by atoms with Crippen molar-refractivity contribution in [3.63, 3.8) is 0 Å². The SMILES string of the molecule is O=C(O)C1CCN(C(=O)CCC2CN(S(=O)(=O)c3cccc(C(F)(F)F)c3)c3cc(-c4cccc(Cl)c4)cc(F)c3O2)CC1. The number of aliphatic carboxylic acids is 1. The lowest BCUT2D eigenvalue weighted by Crippen LogP contribution is -2.45. The number of likely N-dealkylation sites (tertiary alicyclic amines) is 1. The molecule has 44 heavy (non-hydrogen) atoms. The summed E-state index contributed by atoms with van der Waals surface area (Å²) < 4.78 is 90.5. The molecular weight excluding hydrogens is 628 g/mol. The average molecular weight is 655 g/mol. The molecule has 2 aliphatic heterocycles. The molecule has 1 amide bonds. The minimum absolute atomic E-state index is 0.0266. The van der Waals surface area contributed by atoms with Crippen molar-refractivity contribution in [3.8, 4) is 16.9 Å². The summed E-state index contributed by atoms with van der Waals surface area (Å²) in [6, 6.07) is 12.2. The molecule has 0 bridgehead atoms. The van der Waals surface area contributed by atoms with Crippen molar-refractivity contribution in [2.24, 2.45) is 5.92 Å². The maximum atomic E-state index is 15.6. The van der Waals surface area contributed by atoms with Crippen LogP contribution < -0.4 is 9.04 Å². The van der Waals surface area contributed by atoms with Crippen LogP contribution in [0.4, 0.5) is 23.2 Å². The molecule has 1 unspecified atom stereocenters. The Morgan fingerprint density at radius 2 is 1.70 bits per heavy atom. The summed E-state index contributed by atoms with van der Waals surface area (Å²) >= 11 is 6.09. The first-order valence-corrected chi connectivity index (χ1v) is 15.5. The number of alkyl halides is 3. The van der Waals surface area contributed by atoms with Gasteiger partial charge in [0, 0.05) is 24.5 Å². The fourth-order valence-corrected chi connectivity index (χ4v) is 7.09. The number of nitrogens with zero attached hydrogens (tertiary/aromatic N) is 2. The number of hydrogen-bond acceptors (Lipinski definition) is 5. The number of sulfonamides is 1. The van der Waals surface area contributed by atoms with E-state index in [0.717, 1.165) is 28.6 Å². The van der Waals surface area contributed by atoms with E-state index in [1.54, 1.807) is 24.3 Å². The predicted octanol–water partition coefficient (Wildman–Crippen LogP) is 6.22. The van der Waals surface area contributed by atoms with Gasteiger partial charge in [0.2, 0.25) is 5.91 Å². The topological polar surface area (TPSA) is 104 Å². The van der Waals surface area contributed by atoms with E-state index in [1.165, 1.54) is 11.0 Å². The van der Waals surface area contributed by atoms with Crippen molar-refractivity contribution in [1.82, 2.24) is 4.90 Å². The molecule has 1 saturated heterocycles. The molecule has 5 rings (SSSR count). The quantitative estimate of drug-likeness (QED) is 0.303. The van der Waals surface area contributed by atoms with E-state index in [9.17, 15) is 36.3 Å². The summed E-state index contributed by atoms with van der Waals surface area (Å²) in [5.41, 5.74) is -0.652. The minimum atomic E-state index is -4.80. The molecule has 3 aromatic carbocycles. The van der Waals surface area contributed by atoms with Crippen LogP contribution in [0.2, 0.25) is 5.02 Å². The lowest BCUT2D eigenvalue weighted by Gasteiger charge is -2.36. The highest BCUT2D eigenvalue weighted by Gasteiger charge is 2.39. The van der Waals surface area contributed by atoms with Gasteiger partial charge in [-0.2, -0.15) is 13.2 Å². The zero-order valence-corrected chi connectivity index (χ0v) is 24.6. The normalized spacial score (nSPS) is 17.6. The van der Waals surface area contributed by atoms with Crippen LogP contribution in [-0.2, 0) is 25.8 Å². The van der Waals surface area contributed by atoms with E-state index >= 15 is 4.39 Å². The minimum Gasteiger partial charge on any atom is -0.483 e. The molecule has 8 nitrogen and oxygen atoms in total. The van der Waals surface area contributed by atoms with Crippen molar-refractivity contribution in [2.75, 3.05) is 23.9 Å². The van der Waals surface area contributed by atoms with Gasteiger partial charge in [0.15, 0.2) is 11.6 Å². The summed E-state index contributed by atoms with van der Waals surface area (Å²) in [6.45, 7) is 0.0978. The number of piperidine rings is 1. The van der Waals surface area contributed by atoms with Crippen molar-refractivity contribution >= 4 is 39.2 Å². The zero-order valence-electron chi connectivity index (χ0n) is 23.1. The van der Waals surface area contributed by atoms with E-state index in [4.69, 9.17) is 16.3 Å². The Morgan fingerprint density at radius 3 is 2.36 bits per heavy atom. The highest BCUT2D eigenvalue weighted by Crippen LogP contribution is 2.43. The molecule has 2 heterocycles. The van der Waals surface area contributed by atoms with E-state index in [2.05, 4.69) is 0 Å². The predicted molar refractivity (Wildman–Crippen MR) is 153 cm³/mol. The number of hydrogen-bond donors (Lipinski definition) is 1.